The van der Waals surface area contributed by atoms with E-state index in [-0.39, 0.29) is 55.4 Å². The second kappa shape index (κ2) is 11.8. The molecule has 1 aliphatic heterocycles. The molecule has 2 amide bonds. The van der Waals surface area contributed by atoms with E-state index in [9.17, 15) is 18.0 Å². The second-order valence-corrected chi connectivity index (χ2v) is 12.0. The summed E-state index contributed by atoms with van der Waals surface area (Å²) in [5, 5.41) is 11.3. The van der Waals surface area contributed by atoms with Crippen LogP contribution in [-0.4, -0.2) is 67.9 Å². The average molecular weight is 543 g/mol. The Morgan fingerprint density at radius 1 is 1.03 bits per heavy atom. The van der Waals surface area contributed by atoms with Crippen LogP contribution in [0.5, 0.6) is 11.5 Å². The number of benzene rings is 2. The third-order valence-electron chi connectivity index (χ3n) is 5.66. The van der Waals surface area contributed by atoms with Crippen LogP contribution in [0.4, 0.5) is 4.79 Å². The molecule has 0 aromatic heterocycles. The van der Waals surface area contributed by atoms with E-state index in [1.165, 1.54) is 27.4 Å². The topological polar surface area (TPSA) is 129 Å². The molecule has 2 aromatic carbocycles. The molecule has 0 saturated carbocycles. The molecule has 0 radical (unpaired) electrons. The van der Waals surface area contributed by atoms with E-state index in [1.807, 2.05) is 26.0 Å². The van der Waals surface area contributed by atoms with Gasteiger partial charge < -0.3 is 19.7 Å². The van der Waals surface area contributed by atoms with Gasteiger partial charge in [0, 0.05) is 38.3 Å². The summed E-state index contributed by atoms with van der Waals surface area (Å²) in [7, 11) is -4.10. The van der Waals surface area contributed by atoms with Crippen LogP contribution in [0.15, 0.2) is 41.3 Å². The van der Waals surface area contributed by atoms with Crippen molar-refractivity contribution in [3.63, 3.8) is 0 Å². The highest BCUT2D eigenvalue weighted by Gasteiger charge is 2.34. The lowest BCUT2D eigenvalue weighted by molar-refractivity contribution is 0.0192. The van der Waals surface area contributed by atoms with Crippen LogP contribution < -0.4 is 10.1 Å². The van der Waals surface area contributed by atoms with E-state index < -0.39 is 27.6 Å². The quantitative estimate of drug-likeness (QED) is 0.524. The molecule has 0 unspecified atom stereocenters. The molecule has 0 atom stereocenters. The Bertz CT molecular complexity index is 1320. The zero-order valence-corrected chi connectivity index (χ0v) is 23.2. The van der Waals surface area contributed by atoms with Crippen LogP contribution in [0.3, 0.4) is 0 Å². The summed E-state index contributed by atoms with van der Waals surface area (Å²) in [6.07, 6.45) is -0.364. The summed E-state index contributed by atoms with van der Waals surface area (Å²) in [5.74, 6) is 0.0578. The van der Waals surface area contributed by atoms with Crippen molar-refractivity contribution in [1.29, 1.82) is 5.26 Å². The van der Waals surface area contributed by atoms with Crippen molar-refractivity contribution >= 4 is 22.0 Å². The predicted octanol–water partition coefficient (Wildman–Crippen LogP) is 3.98. The lowest BCUT2D eigenvalue weighted by Gasteiger charge is -2.35. The molecule has 1 N–H and O–H groups in total. The number of ether oxygens (including phenoxy) is 2. The van der Waals surface area contributed by atoms with Gasteiger partial charge in [-0.2, -0.15) is 9.57 Å². The zero-order chi connectivity index (χ0) is 28.1. The first-order valence-corrected chi connectivity index (χ1v) is 13.8. The number of piperazine rings is 1. The fraction of sp³-hybridized carbons (Fsp3) is 0.444. The monoisotopic (exact) mass is 542 g/mol. The van der Waals surface area contributed by atoms with Crippen LogP contribution in [0.1, 0.15) is 48.7 Å². The molecule has 1 heterocycles. The number of aryl methyl sites for hydroxylation is 2. The Hall–Kier alpha value is -3.62. The average Bonchev–Trinajstić information content (AvgIpc) is 2.82. The van der Waals surface area contributed by atoms with Gasteiger partial charge in [-0.15, -0.1) is 0 Å². The Labute approximate surface area is 224 Å². The molecule has 38 heavy (non-hydrogen) atoms. The fourth-order valence-electron chi connectivity index (χ4n) is 3.96. The smallest absolute Gasteiger partial charge is 0.410 e. The highest BCUT2D eigenvalue weighted by molar-refractivity contribution is 7.89. The van der Waals surface area contributed by atoms with Gasteiger partial charge >= 0.3 is 6.09 Å². The molecule has 10 nitrogen and oxygen atoms in total. The van der Waals surface area contributed by atoms with Crippen molar-refractivity contribution in [3.05, 3.63) is 53.1 Å². The van der Waals surface area contributed by atoms with Gasteiger partial charge in [0.1, 0.15) is 22.0 Å². The maximum absolute atomic E-state index is 13.8. The standard InChI is InChI=1S/C27H34N4O6S/c1-19-15-20(2)17-22(16-19)36-23-8-7-21(25(32)29-10-6-9-28)18-24(23)38(34,35)31-13-11-30(12-14-31)26(33)37-27(3,4)5/h7-8,15-18H,6,10-14H2,1-5H3,(H,29,32). The summed E-state index contributed by atoms with van der Waals surface area (Å²) in [6.45, 7) is 9.72. The van der Waals surface area contributed by atoms with E-state index in [1.54, 1.807) is 32.9 Å². The van der Waals surface area contributed by atoms with Crippen molar-refractivity contribution < 1.29 is 27.5 Å². The highest BCUT2D eigenvalue weighted by Crippen LogP contribution is 2.33. The van der Waals surface area contributed by atoms with Gasteiger partial charge in [0.2, 0.25) is 10.0 Å². The molecule has 1 fully saturated rings. The molecule has 0 aliphatic carbocycles. The van der Waals surface area contributed by atoms with Gasteiger partial charge in [-0.1, -0.05) is 6.07 Å². The number of hydrogen-bond acceptors (Lipinski definition) is 7. The van der Waals surface area contributed by atoms with E-state index >= 15 is 0 Å². The number of rotatable bonds is 7. The summed E-state index contributed by atoms with van der Waals surface area (Å²) in [5.41, 5.74) is 1.38. The van der Waals surface area contributed by atoms with Crippen LogP contribution in [0.2, 0.25) is 0 Å². The van der Waals surface area contributed by atoms with Gasteiger partial charge in [-0.3, -0.25) is 4.79 Å². The largest absolute Gasteiger partial charge is 0.456 e. The maximum atomic E-state index is 13.8. The summed E-state index contributed by atoms with van der Waals surface area (Å²) >= 11 is 0. The Kier molecular flexibility index (Phi) is 9.01. The van der Waals surface area contributed by atoms with Gasteiger partial charge in [0.05, 0.1) is 12.5 Å². The number of nitrogens with one attached hydrogen (secondary N) is 1. The number of nitriles is 1. The summed E-state index contributed by atoms with van der Waals surface area (Å²) < 4.78 is 40.3. The number of carbonyl (C=O) groups excluding carboxylic acids is 2. The first-order valence-electron chi connectivity index (χ1n) is 12.3. The number of carbonyl (C=O) groups is 2. The Morgan fingerprint density at radius 3 is 2.24 bits per heavy atom. The number of amides is 2. The third-order valence-corrected chi connectivity index (χ3v) is 7.58. The van der Waals surface area contributed by atoms with E-state index in [2.05, 4.69) is 5.32 Å². The van der Waals surface area contributed by atoms with Crippen molar-refractivity contribution in [2.45, 2.75) is 51.5 Å². The third kappa shape index (κ3) is 7.46. The predicted molar refractivity (Wildman–Crippen MR) is 142 cm³/mol. The molecule has 0 bridgehead atoms. The van der Waals surface area contributed by atoms with Crippen LogP contribution >= 0.6 is 0 Å². The van der Waals surface area contributed by atoms with Gasteiger partial charge in [0.15, 0.2) is 0 Å². The molecule has 2 aromatic rings. The number of nitrogens with zero attached hydrogens (tertiary/aromatic N) is 3. The second-order valence-electron chi connectivity index (χ2n) is 10.1. The molecule has 1 saturated heterocycles. The van der Waals surface area contributed by atoms with E-state index in [0.29, 0.717) is 5.75 Å². The minimum Gasteiger partial charge on any atom is -0.456 e. The molecule has 11 heteroatoms. The van der Waals surface area contributed by atoms with Crippen molar-refractivity contribution in [2.75, 3.05) is 32.7 Å². The van der Waals surface area contributed by atoms with Crippen LogP contribution in [0.25, 0.3) is 0 Å². The molecular formula is C27H34N4O6S. The summed E-state index contributed by atoms with van der Waals surface area (Å²) in [4.78, 5) is 26.4. The Morgan fingerprint density at radius 2 is 1.66 bits per heavy atom. The lowest BCUT2D eigenvalue weighted by atomic mass is 10.1. The van der Waals surface area contributed by atoms with Crippen molar-refractivity contribution in [3.8, 4) is 17.6 Å². The molecule has 204 valence electrons. The number of hydrogen-bond donors (Lipinski definition) is 1. The minimum absolute atomic E-state index is 0.0587. The molecule has 3 rings (SSSR count). The lowest BCUT2D eigenvalue weighted by Crippen LogP contribution is -2.51. The van der Waals surface area contributed by atoms with Crippen molar-refractivity contribution in [1.82, 2.24) is 14.5 Å². The summed E-state index contributed by atoms with van der Waals surface area (Å²) in [6, 6.07) is 11.7. The van der Waals surface area contributed by atoms with E-state index in [4.69, 9.17) is 14.7 Å². The van der Waals surface area contributed by atoms with Crippen molar-refractivity contribution in [2.24, 2.45) is 0 Å². The van der Waals surface area contributed by atoms with Gasteiger partial charge in [0.25, 0.3) is 5.91 Å². The van der Waals surface area contributed by atoms with Gasteiger partial charge in [-0.25, -0.2) is 13.2 Å². The first kappa shape index (κ1) is 28.9. The zero-order valence-electron chi connectivity index (χ0n) is 22.4. The minimum atomic E-state index is -4.10. The van der Waals surface area contributed by atoms with Crippen LogP contribution in [0, 0.1) is 25.2 Å². The Balaban J connectivity index is 1.91. The molecular weight excluding hydrogens is 508 g/mol. The number of sulfonamides is 1. The SMILES string of the molecule is Cc1cc(C)cc(Oc2ccc(C(=O)NCCC#N)cc2S(=O)(=O)N2CCN(C(=O)OC(C)(C)C)CC2)c1. The van der Waals surface area contributed by atoms with Crippen LogP contribution in [-0.2, 0) is 14.8 Å². The van der Waals surface area contributed by atoms with E-state index in [0.717, 1.165) is 11.1 Å². The highest BCUT2D eigenvalue weighted by atomic mass is 32.2. The normalized spacial score (nSPS) is 14.5. The maximum Gasteiger partial charge on any atom is 0.410 e. The fourth-order valence-corrected chi connectivity index (χ4v) is 5.53. The first-order chi connectivity index (χ1) is 17.8. The van der Waals surface area contributed by atoms with Gasteiger partial charge in [-0.05, 0) is 76.1 Å². The molecule has 1 aliphatic rings. The molecule has 0 spiro atoms.